The Kier molecular flexibility index (Phi) is 7.57. The molecule has 0 heterocycles. The highest BCUT2D eigenvalue weighted by Gasteiger charge is 2.07. The van der Waals surface area contributed by atoms with Crippen molar-refractivity contribution in [1.82, 2.24) is 0 Å². The molecule has 0 aliphatic rings. The number of benzene rings is 2. The van der Waals surface area contributed by atoms with Crippen LogP contribution >= 0.6 is 23.4 Å². The Hall–Kier alpha value is -2.24. The first-order valence-corrected chi connectivity index (χ1v) is 9.08. The molecule has 0 aliphatic heterocycles. The third-order valence-corrected chi connectivity index (χ3v) is 4.25. The van der Waals surface area contributed by atoms with Crippen LogP contribution in [0.4, 0.5) is 5.69 Å². The van der Waals surface area contributed by atoms with Gasteiger partial charge in [0.25, 0.3) is 5.91 Å². The van der Waals surface area contributed by atoms with E-state index in [1.807, 2.05) is 24.3 Å². The minimum absolute atomic E-state index is 0.216. The van der Waals surface area contributed by atoms with Crippen molar-refractivity contribution in [3.8, 4) is 0 Å². The number of rotatable bonds is 7. The summed E-state index contributed by atoms with van der Waals surface area (Å²) in [4.78, 5) is 24.4. The molecule has 1 amide bonds. The number of thioether (sulfide) groups is 1. The van der Waals surface area contributed by atoms with Crippen molar-refractivity contribution in [1.29, 1.82) is 0 Å². The van der Waals surface area contributed by atoms with Gasteiger partial charge in [0, 0.05) is 33.0 Å². The van der Waals surface area contributed by atoms with Crippen LogP contribution in [-0.2, 0) is 9.53 Å². The highest BCUT2D eigenvalue weighted by Crippen LogP contribution is 2.22. The number of amides is 1. The van der Waals surface area contributed by atoms with Gasteiger partial charge in [-0.2, -0.15) is 0 Å². The fourth-order valence-corrected chi connectivity index (χ4v) is 2.94. The van der Waals surface area contributed by atoms with Gasteiger partial charge in [-0.15, -0.1) is 11.8 Å². The van der Waals surface area contributed by atoms with E-state index >= 15 is 0 Å². The molecule has 0 aromatic heterocycles. The van der Waals surface area contributed by atoms with Gasteiger partial charge in [0.15, 0.2) is 0 Å². The van der Waals surface area contributed by atoms with E-state index in [1.165, 1.54) is 6.08 Å². The molecular weight excluding hydrogens is 358 g/mol. The Labute approximate surface area is 156 Å². The number of ether oxygens (including phenoxy) is 1. The van der Waals surface area contributed by atoms with Gasteiger partial charge in [-0.05, 0) is 43.3 Å². The fourth-order valence-electron chi connectivity index (χ4n) is 1.98. The molecule has 0 spiro atoms. The summed E-state index contributed by atoms with van der Waals surface area (Å²) in [7, 11) is 0. The highest BCUT2D eigenvalue weighted by molar-refractivity contribution is 7.99. The number of anilines is 1. The van der Waals surface area contributed by atoms with E-state index < -0.39 is 0 Å². The maximum atomic E-state index is 12.2. The second-order valence-electron chi connectivity index (χ2n) is 4.96. The lowest BCUT2D eigenvalue weighted by atomic mass is 10.2. The van der Waals surface area contributed by atoms with Gasteiger partial charge >= 0.3 is 5.97 Å². The molecule has 6 heteroatoms. The Morgan fingerprint density at radius 3 is 2.76 bits per heavy atom. The number of carbonyl (C=O) groups excluding carboxylic acids is 2. The van der Waals surface area contributed by atoms with Gasteiger partial charge in [0.1, 0.15) is 0 Å². The van der Waals surface area contributed by atoms with Crippen molar-refractivity contribution >= 4 is 40.9 Å². The van der Waals surface area contributed by atoms with Gasteiger partial charge in [0.05, 0.1) is 6.61 Å². The molecule has 0 saturated carbocycles. The summed E-state index contributed by atoms with van der Waals surface area (Å²) in [6.45, 7) is 2.13. The number of hydrogen-bond acceptors (Lipinski definition) is 4. The molecule has 25 heavy (non-hydrogen) atoms. The zero-order valence-corrected chi connectivity index (χ0v) is 15.3. The predicted molar refractivity (Wildman–Crippen MR) is 102 cm³/mol. The zero-order valence-electron chi connectivity index (χ0n) is 13.7. The van der Waals surface area contributed by atoms with E-state index in [0.717, 1.165) is 4.90 Å². The van der Waals surface area contributed by atoms with Crippen molar-refractivity contribution in [2.45, 2.75) is 11.8 Å². The minimum Gasteiger partial charge on any atom is -0.463 e. The monoisotopic (exact) mass is 375 g/mol. The van der Waals surface area contributed by atoms with Crippen LogP contribution in [0.3, 0.4) is 0 Å². The quantitative estimate of drug-likeness (QED) is 0.429. The summed E-state index contributed by atoms with van der Waals surface area (Å²) in [6.07, 6.45) is 3.17. The molecule has 4 nitrogen and oxygen atoms in total. The predicted octanol–water partition coefficient (Wildman–Crippen LogP) is 4.80. The number of carbonyl (C=O) groups is 2. The average molecular weight is 376 g/mol. The standard InChI is InChI=1S/C19H18ClNO3S/c1-2-24-18(22)10-5-11-25-17-9-4-8-16(13-17)21-19(23)14-6-3-7-15(20)12-14/h3-10,12-13H,2,11H2,1H3,(H,21,23)/b10-5+. The third-order valence-electron chi connectivity index (χ3n) is 3.07. The first-order chi connectivity index (χ1) is 12.1. The summed E-state index contributed by atoms with van der Waals surface area (Å²) >= 11 is 7.46. The number of halogens is 1. The number of hydrogen-bond donors (Lipinski definition) is 1. The SMILES string of the molecule is CCOC(=O)/C=C/CSc1cccc(NC(=O)c2cccc(Cl)c2)c1. The molecule has 130 valence electrons. The molecule has 0 radical (unpaired) electrons. The van der Waals surface area contributed by atoms with Crippen molar-refractivity contribution < 1.29 is 14.3 Å². The van der Waals surface area contributed by atoms with E-state index in [0.29, 0.717) is 28.6 Å². The topological polar surface area (TPSA) is 55.4 Å². The van der Waals surface area contributed by atoms with Gasteiger partial charge < -0.3 is 10.1 Å². The van der Waals surface area contributed by atoms with Crippen LogP contribution in [0.2, 0.25) is 5.02 Å². The van der Waals surface area contributed by atoms with Gasteiger partial charge in [0.2, 0.25) is 0 Å². The molecule has 0 atom stereocenters. The number of esters is 1. The van der Waals surface area contributed by atoms with Crippen LogP contribution in [0.15, 0.2) is 65.6 Å². The molecule has 0 unspecified atom stereocenters. The van der Waals surface area contributed by atoms with Crippen molar-refractivity contribution in [2.24, 2.45) is 0 Å². The molecule has 2 rings (SSSR count). The zero-order chi connectivity index (χ0) is 18.1. The maximum Gasteiger partial charge on any atom is 0.330 e. The summed E-state index contributed by atoms with van der Waals surface area (Å²) < 4.78 is 4.82. The van der Waals surface area contributed by atoms with Crippen LogP contribution in [0, 0.1) is 0 Å². The highest BCUT2D eigenvalue weighted by atomic mass is 35.5. The van der Waals surface area contributed by atoms with E-state index in [4.69, 9.17) is 16.3 Å². The van der Waals surface area contributed by atoms with Crippen molar-refractivity contribution in [2.75, 3.05) is 17.7 Å². The molecular formula is C19H18ClNO3S. The second kappa shape index (κ2) is 9.91. The first-order valence-electron chi connectivity index (χ1n) is 7.71. The minimum atomic E-state index is -0.342. The summed E-state index contributed by atoms with van der Waals surface area (Å²) in [5.41, 5.74) is 1.20. The van der Waals surface area contributed by atoms with Crippen LogP contribution in [0.5, 0.6) is 0 Å². The molecule has 0 fully saturated rings. The van der Waals surface area contributed by atoms with E-state index in [9.17, 15) is 9.59 Å². The molecule has 2 aromatic carbocycles. The molecule has 0 bridgehead atoms. The lowest BCUT2D eigenvalue weighted by Gasteiger charge is -2.07. The van der Waals surface area contributed by atoms with Crippen molar-refractivity contribution in [3.63, 3.8) is 0 Å². The number of nitrogens with one attached hydrogen (secondary N) is 1. The summed E-state index contributed by atoms with van der Waals surface area (Å²) in [5.74, 6) is 0.0716. The Bertz CT molecular complexity index is 777. The Balaban J connectivity index is 1.92. The first kappa shape index (κ1) is 19.1. The van der Waals surface area contributed by atoms with Crippen LogP contribution in [0.25, 0.3) is 0 Å². The Morgan fingerprint density at radius 1 is 1.20 bits per heavy atom. The molecule has 1 N–H and O–H groups in total. The fraction of sp³-hybridized carbons (Fsp3) is 0.158. The smallest absolute Gasteiger partial charge is 0.330 e. The van der Waals surface area contributed by atoms with Gasteiger partial charge in [-0.3, -0.25) is 4.79 Å². The van der Waals surface area contributed by atoms with Crippen LogP contribution < -0.4 is 5.32 Å². The van der Waals surface area contributed by atoms with E-state index in [-0.39, 0.29) is 11.9 Å². The molecule has 0 saturated heterocycles. The van der Waals surface area contributed by atoms with E-state index in [1.54, 1.807) is 49.0 Å². The lowest BCUT2D eigenvalue weighted by molar-refractivity contribution is -0.137. The lowest BCUT2D eigenvalue weighted by Crippen LogP contribution is -2.11. The van der Waals surface area contributed by atoms with E-state index in [2.05, 4.69) is 5.32 Å². The summed E-state index contributed by atoms with van der Waals surface area (Å²) in [5, 5.41) is 3.37. The summed E-state index contributed by atoms with van der Waals surface area (Å²) in [6, 6.07) is 14.3. The normalized spacial score (nSPS) is 10.6. The average Bonchev–Trinajstić information content (AvgIpc) is 2.59. The van der Waals surface area contributed by atoms with Gasteiger partial charge in [-0.1, -0.05) is 29.8 Å². The Morgan fingerprint density at radius 2 is 2.00 bits per heavy atom. The van der Waals surface area contributed by atoms with Crippen molar-refractivity contribution in [3.05, 3.63) is 71.3 Å². The van der Waals surface area contributed by atoms with Crippen LogP contribution in [-0.4, -0.2) is 24.2 Å². The third kappa shape index (κ3) is 6.64. The largest absolute Gasteiger partial charge is 0.463 e. The molecule has 2 aromatic rings. The second-order valence-corrected chi connectivity index (χ2v) is 6.49. The van der Waals surface area contributed by atoms with Gasteiger partial charge in [-0.25, -0.2) is 4.79 Å². The molecule has 0 aliphatic carbocycles. The van der Waals surface area contributed by atoms with Crippen LogP contribution in [0.1, 0.15) is 17.3 Å². The maximum absolute atomic E-state index is 12.2.